The number of rotatable bonds is 3. The Kier molecular flexibility index (Phi) is 4.57. The van der Waals surface area contributed by atoms with E-state index in [2.05, 4.69) is 32.9 Å². The number of nitrogens with one attached hydrogen (secondary N) is 1. The van der Waals surface area contributed by atoms with Gasteiger partial charge in [0, 0.05) is 21.0 Å². The van der Waals surface area contributed by atoms with E-state index in [-0.39, 0.29) is 5.91 Å². The molecule has 3 aromatic rings. The zero-order valence-corrected chi connectivity index (χ0v) is 15.5. The van der Waals surface area contributed by atoms with Gasteiger partial charge in [-0.25, -0.2) is 4.98 Å². The first-order chi connectivity index (χ1) is 11.4. The van der Waals surface area contributed by atoms with Gasteiger partial charge in [0.15, 0.2) is 0 Å². The third-order valence-electron chi connectivity index (χ3n) is 3.73. The predicted molar refractivity (Wildman–Crippen MR) is 105 cm³/mol. The van der Waals surface area contributed by atoms with Crippen LogP contribution in [0.4, 0.5) is 11.4 Å². The number of anilines is 2. The molecule has 122 valence electrons. The summed E-state index contributed by atoms with van der Waals surface area (Å²) in [5.74, 6) is -0.175. The lowest BCUT2D eigenvalue weighted by atomic mass is 10.1. The van der Waals surface area contributed by atoms with E-state index >= 15 is 0 Å². The van der Waals surface area contributed by atoms with E-state index < -0.39 is 0 Å². The summed E-state index contributed by atoms with van der Waals surface area (Å²) in [6.45, 7) is 3.94. The molecule has 0 aliphatic carbocycles. The molecule has 1 amide bonds. The van der Waals surface area contributed by atoms with Crippen molar-refractivity contribution < 1.29 is 4.79 Å². The minimum absolute atomic E-state index is 0.175. The Morgan fingerprint density at radius 2 is 2.00 bits per heavy atom. The van der Waals surface area contributed by atoms with Gasteiger partial charge in [-0.05, 0) is 72.3 Å². The van der Waals surface area contributed by atoms with Gasteiger partial charge >= 0.3 is 0 Å². The lowest BCUT2D eigenvalue weighted by molar-refractivity contribution is 0.102. The average molecular weight is 432 g/mol. The van der Waals surface area contributed by atoms with Gasteiger partial charge in [-0.15, -0.1) is 0 Å². The fourth-order valence-electron chi connectivity index (χ4n) is 2.32. The molecule has 3 N–H and O–H groups in total. The molecule has 0 saturated carbocycles. The molecule has 0 saturated heterocycles. The summed E-state index contributed by atoms with van der Waals surface area (Å²) in [5.41, 5.74) is 10.8. The Morgan fingerprint density at radius 1 is 1.21 bits per heavy atom. The third kappa shape index (κ3) is 3.43. The maximum Gasteiger partial charge on any atom is 0.255 e. The highest BCUT2D eigenvalue weighted by Gasteiger charge is 2.10. The number of carbonyl (C=O) groups excluding carboxylic acids is 1. The maximum atomic E-state index is 12.4. The number of nitrogens with two attached hydrogens (primary N) is 1. The van der Waals surface area contributed by atoms with E-state index in [0.29, 0.717) is 16.9 Å². The summed E-state index contributed by atoms with van der Waals surface area (Å²) < 4.78 is 2.94. The summed E-state index contributed by atoms with van der Waals surface area (Å²) in [4.78, 5) is 16.6. The van der Waals surface area contributed by atoms with Crippen molar-refractivity contribution in [2.45, 2.75) is 13.8 Å². The molecular weight excluding hydrogens is 415 g/mol. The summed E-state index contributed by atoms with van der Waals surface area (Å²) in [6, 6.07) is 11.1. The molecule has 0 fully saturated rings. The molecular formula is C18H17IN4O. The van der Waals surface area contributed by atoms with Crippen molar-refractivity contribution in [3.8, 4) is 5.69 Å². The average Bonchev–Trinajstić information content (AvgIpc) is 2.98. The minimum Gasteiger partial charge on any atom is -0.397 e. The number of hydrogen-bond acceptors (Lipinski definition) is 3. The molecule has 24 heavy (non-hydrogen) atoms. The molecule has 0 atom stereocenters. The molecule has 0 unspecified atom stereocenters. The number of nitrogen functional groups attached to an aromatic ring is 1. The van der Waals surface area contributed by atoms with Crippen molar-refractivity contribution in [1.82, 2.24) is 9.55 Å². The van der Waals surface area contributed by atoms with Gasteiger partial charge in [0.05, 0.1) is 23.4 Å². The Balaban J connectivity index is 1.82. The molecule has 0 aliphatic heterocycles. The highest BCUT2D eigenvalue weighted by Crippen LogP contribution is 2.23. The van der Waals surface area contributed by atoms with Crippen LogP contribution in [-0.2, 0) is 0 Å². The van der Waals surface area contributed by atoms with Gasteiger partial charge in [0.2, 0.25) is 0 Å². The summed E-state index contributed by atoms with van der Waals surface area (Å²) in [7, 11) is 0. The number of halogens is 1. The number of imidazole rings is 1. The Bertz CT molecular complexity index is 917. The van der Waals surface area contributed by atoms with Gasteiger partial charge in [0.25, 0.3) is 5.91 Å². The first-order valence-electron chi connectivity index (χ1n) is 7.42. The largest absolute Gasteiger partial charge is 0.397 e. The lowest BCUT2D eigenvalue weighted by Gasteiger charge is -2.11. The zero-order chi connectivity index (χ0) is 17.3. The molecule has 0 aliphatic rings. The van der Waals surface area contributed by atoms with E-state index in [1.54, 1.807) is 12.4 Å². The van der Waals surface area contributed by atoms with Crippen molar-refractivity contribution in [3.05, 3.63) is 69.3 Å². The molecule has 1 aromatic heterocycles. The summed E-state index contributed by atoms with van der Waals surface area (Å²) in [5, 5.41) is 2.86. The van der Waals surface area contributed by atoms with Crippen LogP contribution >= 0.6 is 22.6 Å². The quantitative estimate of drug-likeness (QED) is 0.487. The van der Waals surface area contributed by atoms with Crippen LogP contribution in [0.25, 0.3) is 5.69 Å². The van der Waals surface area contributed by atoms with E-state index in [9.17, 15) is 4.79 Å². The highest BCUT2D eigenvalue weighted by atomic mass is 127. The molecule has 6 heteroatoms. The Morgan fingerprint density at radius 3 is 2.62 bits per heavy atom. The maximum absolute atomic E-state index is 12.4. The number of aromatic nitrogens is 2. The molecule has 0 bridgehead atoms. The fraction of sp³-hybridized carbons (Fsp3) is 0.111. The highest BCUT2D eigenvalue weighted by molar-refractivity contribution is 14.1. The van der Waals surface area contributed by atoms with Crippen molar-refractivity contribution in [1.29, 1.82) is 0 Å². The van der Waals surface area contributed by atoms with E-state index in [1.807, 2.05) is 54.9 Å². The monoisotopic (exact) mass is 432 g/mol. The van der Waals surface area contributed by atoms with Crippen molar-refractivity contribution in [3.63, 3.8) is 0 Å². The van der Waals surface area contributed by atoms with Gasteiger partial charge < -0.3 is 15.6 Å². The Hall–Kier alpha value is -2.35. The summed E-state index contributed by atoms with van der Waals surface area (Å²) in [6.07, 6.45) is 3.65. The number of aryl methyl sites for hydroxylation is 2. The molecule has 0 spiro atoms. The molecule has 2 aromatic carbocycles. The topological polar surface area (TPSA) is 72.9 Å². The smallest absolute Gasteiger partial charge is 0.255 e. The molecule has 5 nitrogen and oxygen atoms in total. The number of hydrogen-bond donors (Lipinski definition) is 2. The summed E-state index contributed by atoms with van der Waals surface area (Å²) >= 11 is 2.22. The van der Waals surface area contributed by atoms with Crippen LogP contribution < -0.4 is 11.1 Å². The van der Waals surface area contributed by atoms with Crippen LogP contribution in [0.5, 0.6) is 0 Å². The molecule has 3 rings (SSSR count). The number of nitrogens with zero attached hydrogens (tertiary/aromatic N) is 2. The number of benzene rings is 2. The van der Waals surface area contributed by atoms with Gasteiger partial charge in [-0.1, -0.05) is 6.07 Å². The second-order valence-electron chi connectivity index (χ2n) is 5.61. The van der Waals surface area contributed by atoms with Crippen LogP contribution in [0.2, 0.25) is 0 Å². The molecule has 1 heterocycles. The number of carbonyl (C=O) groups is 1. The van der Waals surface area contributed by atoms with Crippen molar-refractivity contribution >= 4 is 39.9 Å². The van der Waals surface area contributed by atoms with Crippen LogP contribution in [-0.4, -0.2) is 15.5 Å². The van der Waals surface area contributed by atoms with Crippen LogP contribution in [0, 0.1) is 17.4 Å². The van der Waals surface area contributed by atoms with E-state index in [4.69, 9.17) is 5.73 Å². The first-order valence-corrected chi connectivity index (χ1v) is 8.50. The van der Waals surface area contributed by atoms with Crippen LogP contribution in [0.15, 0.2) is 48.9 Å². The van der Waals surface area contributed by atoms with Crippen LogP contribution in [0.1, 0.15) is 21.6 Å². The molecule has 0 radical (unpaired) electrons. The second-order valence-corrected chi connectivity index (χ2v) is 6.77. The van der Waals surface area contributed by atoms with E-state index in [1.165, 1.54) is 0 Å². The third-order valence-corrected chi connectivity index (χ3v) is 4.89. The second kappa shape index (κ2) is 6.64. The standard InChI is InChI=1S/C18H17IN4O/c1-11-3-4-13(7-15(11)19)18(24)22-17-6-5-14(8-16(17)20)23-9-12(2)21-10-23/h3-10H,20H2,1-2H3,(H,22,24). The normalized spacial score (nSPS) is 10.6. The number of amides is 1. The van der Waals surface area contributed by atoms with Crippen molar-refractivity contribution in [2.75, 3.05) is 11.1 Å². The van der Waals surface area contributed by atoms with Gasteiger partial charge in [-0.3, -0.25) is 4.79 Å². The zero-order valence-electron chi connectivity index (χ0n) is 13.4. The van der Waals surface area contributed by atoms with Crippen LogP contribution in [0.3, 0.4) is 0 Å². The Labute approximate surface area is 154 Å². The SMILES string of the molecule is Cc1cn(-c2ccc(NC(=O)c3ccc(C)c(I)c3)c(N)c2)cn1. The lowest BCUT2D eigenvalue weighted by Crippen LogP contribution is -2.13. The first kappa shape index (κ1) is 16.5. The van der Waals surface area contributed by atoms with Gasteiger partial charge in [0.1, 0.15) is 0 Å². The minimum atomic E-state index is -0.175. The van der Waals surface area contributed by atoms with E-state index in [0.717, 1.165) is 20.5 Å². The van der Waals surface area contributed by atoms with Gasteiger partial charge in [-0.2, -0.15) is 0 Å². The van der Waals surface area contributed by atoms with Crippen molar-refractivity contribution in [2.24, 2.45) is 0 Å². The fourth-order valence-corrected chi connectivity index (χ4v) is 2.83. The predicted octanol–water partition coefficient (Wildman–Crippen LogP) is 3.93.